The third kappa shape index (κ3) is 3.55. The van der Waals surface area contributed by atoms with Crippen molar-refractivity contribution in [2.24, 2.45) is 0 Å². The lowest BCUT2D eigenvalue weighted by atomic mass is 10.2. The van der Waals surface area contributed by atoms with Gasteiger partial charge in [0, 0.05) is 10.7 Å². The van der Waals surface area contributed by atoms with Crippen molar-refractivity contribution in [3.05, 3.63) is 53.1 Å². The van der Waals surface area contributed by atoms with Crippen molar-refractivity contribution in [3.63, 3.8) is 0 Å². The zero-order valence-corrected chi connectivity index (χ0v) is 10.9. The maximum Gasteiger partial charge on any atom is 0.127 e. The number of hydrogen-bond donors (Lipinski definition) is 1. The Morgan fingerprint density at radius 1 is 1.00 bits per heavy atom. The van der Waals surface area contributed by atoms with E-state index in [-0.39, 0.29) is 12.4 Å². The average Bonchev–Trinajstić information content (AvgIpc) is 2.27. The predicted octanol–water partition coefficient (Wildman–Crippen LogP) is 4.44. The van der Waals surface area contributed by atoms with Gasteiger partial charge in [0.05, 0.1) is 0 Å². The summed E-state index contributed by atoms with van der Waals surface area (Å²) in [5.41, 5.74) is 7.31. The van der Waals surface area contributed by atoms with Crippen molar-refractivity contribution < 1.29 is 4.74 Å². The van der Waals surface area contributed by atoms with Crippen LogP contribution in [-0.2, 0) is 0 Å². The summed E-state index contributed by atoms with van der Waals surface area (Å²) >= 11 is 5.93. The van der Waals surface area contributed by atoms with Crippen LogP contribution in [0.5, 0.6) is 11.5 Å². The first-order valence-corrected chi connectivity index (χ1v) is 5.32. The fourth-order valence-electron chi connectivity index (χ4n) is 1.35. The molecule has 4 heteroatoms. The standard InChI is InChI=1S/C13H12ClNO.ClH/c1-9-8-12(6-7-13(9)14)16-11-4-2-10(15)3-5-11;/h2-8H,15H2,1H3;1H. The summed E-state index contributed by atoms with van der Waals surface area (Å²) in [7, 11) is 0. The molecule has 0 heterocycles. The molecule has 0 amide bonds. The molecule has 0 aliphatic rings. The Kier molecular flexibility index (Phi) is 4.67. The fourth-order valence-corrected chi connectivity index (χ4v) is 1.47. The maximum absolute atomic E-state index is 5.93. The molecule has 0 saturated carbocycles. The number of aryl methyl sites for hydroxylation is 1. The van der Waals surface area contributed by atoms with Crippen molar-refractivity contribution in [2.45, 2.75) is 6.92 Å². The molecular formula is C13H13Cl2NO. The Hall–Kier alpha value is -1.38. The highest BCUT2D eigenvalue weighted by molar-refractivity contribution is 6.31. The lowest BCUT2D eigenvalue weighted by Crippen LogP contribution is -1.87. The molecule has 0 radical (unpaired) electrons. The number of ether oxygens (including phenoxy) is 1. The van der Waals surface area contributed by atoms with Gasteiger partial charge in [-0.25, -0.2) is 0 Å². The molecule has 0 fully saturated rings. The minimum Gasteiger partial charge on any atom is -0.457 e. The zero-order chi connectivity index (χ0) is 11.5. The number of nitrogen functional groups attached to an aromatic ring is 1. The van der Waals surface area contributed by atoms with Crippen molar-refractivity contribution in [2.75, 3.05) is 5.73 Å². The Labute approximate surface area is 112 Å². The summed E-state index contributed by atoms with van der Waals surface area (Å²) in [5.74, 6) is 1.53. The molecule has 2 rings (SSSR count). The second kappa shape index (κ2) is 5.80. The van der Waals surface area contributed by atoms with Crippen LogP contribution in [0.4, 0.5) is 5.69 Å². The summed E-state index contributed by atoms with van der Waals surface area (Å²) in [4.78, 5) is 0. The number of halogens is 2. The third-order valence-corrected chi connectivity index (χ3v) is 2.67. The van der Waals surface area contributed by atoms with Crippen LogP contribution < -0.4 is 10.5 Å². The van der Waals surface area contributed by atoms with Crippen LogP contribution >= 0.6 is 24.0 Å². The first-order chi connectivity index (χ1) is 7.65. The highest BCUT2D eigenvalue weighted by Crippen LogP contribution is 2.26. The van der Waals surface area contributed by atoms with Gasteiger partial charge in [0.2, 0.25) is 0 Å². The molecule has 2 nitrogen and oxygen atoms in total. The van der Waals surface area contributed by atoms with Gasteiger partial charge < -0.3 is 10.5 Å². The van der Waals surface area contributed by atoms with E-state index in [0.717, 1.165) is 27.8 Å². The molecule has 0 atom stereocenters. The molecule has 0 saturated heterocycles. The van der Waals surface area contributed by atoms with E-state index in [2.05, 4.69) is 0 Å². The highest BCUT2D eigenvalue weighted by Gasteiger charge is 2.00. The number of rotatable bonds is 2. The quantitative estimate of drug-likeness (QED) is 0.818. The van der Waals surface area contributed by atoms with Gasteiger partial charge in [0.25, 0.3) is 0 Å². The molecule has 2 N–H and O–H groups in total. The van der Waals surface area contributed by atoms with E-state index >= 15 is 0 Å². The smallest absolute Gasteiger partial charge is 0.127 e. The zero-order valence-electron chi connectivity index (χ0n) is 9.31. The van der Waals surface area contributed by atoms with Crippen LogP contribution in [0.3, 0.4) is 0 Å². The molecule has 2 aromatic carbocycles. The molecule has 0 aromatic heterocycles. The van der Waals surface area contributed by atoms with E-state index < -0.39 is 0 Å². The maximum atomic E-state index is 5.93. The van der Waals surface area contributed by atoms with Gasteiger partial charge in [-0.2, -0.15) is 0 Å². The first-order valence-electron chi connectivity index (χ1n) is 4.95. The van der Waals surface area contributed by atoms with E-state index in [1.807, 2.05) is 37.3 Å². The lowest BCUT2D eigenvalue weighted by molar-refractivity contribution is 0.482. The van der Waals surface area contributed by atoms with Gasteiger partial charge in [-0.05, 0) is 55.0 Å². The fraction of sp³-hybridized carbons (Fsp3) is 0.0769. The molecule has 17 heavy (non-hydrogen) atoms. The summed E-state index contributed by atoms with van der Waals surface area (Å²) in [6, 6.07) is 12.8. The summed E-state index contributed by atoms with van der Waals surface area (Å²) in [6.07, 6.45) is 0. The average molecular weight is 270 g/mol. The van der Waals surface area contributed by atoms with Crippen LogP contribution in [-0.4, -0.2) is 0 Å². The van der Waals surface area contributed by atoms with Gasteiger partial charge >= 0.3 is 0 Å². The predicted molar refractivity (Wildman–Crippen MR) is 74.4 cm³/mol. The Bertz CT molecular complexity index is 497. The van der Waals surface area contributed by atoms with Gasteiger partial charge in [-0.15, -0.1) is 12.4 Å². The van der Waals surface area contributed by atoms with Crippen LogP contribution in [0.1, 0.15) is 5.56 Å². The molecule has 0 aliphatic heterocycles. The molecule has 2 aromatic rings. The number of anilines is 1. The van der Waals surface area contributed by atoms with Crippen molar-refractivity contribution in [1.29, 1.82) is 0 Å². The summed E-state index contributed by atoms with van der Waals surface area (Å²) in [5, 5.41) is 0.740. The van der Waals surface area contributed by atoms with Gasteiger partial charge in [-0.1, -0.05) is 11.6 Å². The van der Waals surface area contributed by atoms with Crippen LogP contribution in [0, 0.1) is 6.92 Å². The van der Waals surface area contributed by atoms with Gasteiger partial charge in [-0.3, -0.25) is 0 Å². The minimum absolute atomic E-state index is 0. The molecular weight excluding hydrogens is 257 g/mol. The SMILES string of the molecule is Cc1cc(Oc2ccc(N)cc2)ccc1Cl.Cl. The van der Waals surface area contributed by atoms with Gasteiger partial charge in [0.15, 0.2) is 0 Å². The normalized spacial score (nSPS) is 9.53. The number of hydrogen-bond acceptors (Lipinski definition) is 2. The van der Waals surface area contributed by atoms with Crippen LogP contribution in [0.25, 0.3) is 0 Å². The Morgan fingerprint density at radius 2 is 1.59 bits per heavy atom. The summed E-state index contributed by atoms with van der Waals surface area (Å²) < 4.78 is 5.65. The monoisotopic (exact) mass is 269 g/mol. The first kappa shape index (κ1) is 13.7. The lowest BCUT2D eigenvalue weighted by Gasteiger charge is -2.07. The molecule has 0 unspecified atom stereocenters. The van der Waals surface area contributed by atoms with E-state index in [1.165, 1.54) is 0 Å². The second-order valence-electron chi connectivity index (χ2n) is 3.58. The van der Waals surface area contributed by atoms with E-state index in [1.54, 1.807) is 12.1 Å². The topological polar surface area (TPSA) is 35.2 Å². The van der Waals surface area contributed by atoms with Crippen LogP contribution in [0.15, 0.2) is 42.5 Å². The van der Waals surface area contributed by atoms with Crippen molar-refractivity contribution in [3.8, 4) is 11.5 Å². The Morgan fingerprint density at radius 3 is 2.18 bits per heavy atom. The van der Waals surface area contributed by atoms with Crippen molar-refractivity contribution >= 4 is 29.7 Å². The van der Waals surface area contributed by atoms with Gasteiger partial charge in [0.1, 0.15) is 11.5 Å². The van der Waals surface area contributed by atoms with E-state index in [9.17, 15) is 0 Å². The highest BCUT2D eigenvalue weighted by atomic mass is 35.5. The third-order valence-electron chi connectivity index (χ3n) is 2.25. The number of nitrogens with two attached hydrogens (primary N) is 1. The summed E-state index contributed by atoms with van der Waals surface area (Å²) in [6.45, 7) is 1.94. The largest absolute Gasteiger partial charge is 0.457 e. The van der Waals surface area contributed by atoms with E-state index in [0.29, 0.717) is 0 Å². The van der Waals surface area contributed by atoms with E-state index in [4.69, 9.17) is 22.1 Å². The second-order valence-corrected chi connectivity index (χ2v) is 3.99. The van der Waals surface area contributed by atoms with Crippen molar-refractivity contribution in [1.82, 2.24) is 0 Å². The molecule has 0 spiro atoms. The molecule has 90 valence electrons. The minimum atomic E-state index is 0. The Balaban J connectivity index is 0.00000144. The molecule has 0 bridgehead atoms. The van der Waals surface area contributed by atoms with Crippen LogP contribution in [0.2, 0.25) is 5.02 Å². The molecule has 0 aliphatic carbocycles. The number of benzene rings is 2.